The molecule has 0 aliphatic rings. The highest BCUT2D eigenvalue weighted by atomic mass is 14.2. The van der Waals surface area contributed by atoms with E-state index in [9.17, 15) is 0 Å². The maximum Gasteiger partial charge on any atom is -0.0146 e. The van der Waals surface area contributed by atoms with E-state index >= 15 is 0 Å². The number of benzene rings is 3. The molecule has 0 N–H and O–H groups in total. The normalized spacial score (nSPS) is 10.8. The van der Waals surface area contributed by atoms with E-state index in [1.165, 1.54) is 33.4 Å². The van der Waals surface area contributed by atoms with E-state index in [4.69, 9.17) is 0 Å². The van der Waals surface area contributed by atoms with Gasteiger partial charge in [0.25, 0.3) is 0 Å². The van der Waals surface area contributed by atoms with Gasteiger partial charge in [-0.2, -0.15) is 0 Å². The van der Waals surface area contributed by atoms with Crippen LogP contribution in [0, 0.1) is 0 Å². The van der Waals surface area contributed by atoms with Crippen molar-refractivity contribution in [2.45, 2.75) is 39.5 Å². The molecule has 0 aliphatic carbocycles. The standard InChI is InChI=1S/C24H26/c1-3-20-13-8-9-15-22(20)24-16-10-14-21(4-2)23(24)18-17-19-11-6-5-7-12-19/h5-16H,3-4,17-18H2,1-2H3. The third-order valence-electron chi connectivity index (χ3n) is 4.85. The van der Waals surface area contributed by atoms with E-state index in [0.717, 1.165) is 25.7 Å². The first-order valence-electron chi connectivity index (χ1n) is 9.06. The maximum absolute atomic E-state index is 2.30. The van der Waals surface area contributed by atoms with Crippen LogP contribution in [0.3, 0.4) is 0 Å². The second-order valence-electron chi connectivity index (χ2n) is 6.29. The summed E-state index contributed by atoms with van der Waals surface area (Å²) in [6.45, 7) is 4.50. The molecule has 24 heavy (non-hydrogen) atoms. The molecule has 0 heteroatoms. The van der Waals surface area contributed by atoms with Crippen LogP contribution in [-0.2, 0) is 25.7 Å². The van der Waals surface area contributed by atoms with Crippen molar-refractivity contribution in [2.24, 2.45) is 0 Å². The molecule has 0 spiro atoms. The number of rotatable bonds is 6. The summed E-state index contributed by atoms with van der Waals surface area (Å²) in [7, 11) is 0. The van der Waals surface area contributed by atoms with Crippen LogP contribution in [-0.4, -0.2) is 0 Å². The van der Waals surface area contributed by atoms with Crippen LogP contribution < -0.4 is 0 Å². The molecule has 0 amide bonds. The van der Waals surface area contributed by atoms with E-state index in [-0.39, 0.29) is 0 Å². The molecule has 0 bridgehead atoms. The van der Waals surface area contributed by atoms with Crippen LogP contribution in [0.1, 0.15) is 36.1 Å². The van der Waals surface area contributed by atoms with Crippen molar-refractivity contribution >= 4 is 0 Å². The average molecular weight is 314 g/mol. The molecule has 0 fully saturated rings. The summed E-state index contributed by atoms with van der Waals surface area (Å²) in [6, 6.07) is 26.5. The zero-order valence-electron chi connectivity index (χ0n) is 14.8. The van der Waals surface area contributed by atoms with Gasteiger partial charge in [0, 0.05) is 0 Å². The van der Waals surface area contributed by atoms with Crippen LogP contribution >= 0.6 is 0 Å². The molecule has 0 unspecified atom stereocenters. The Morgan fingerprint density at radius 2 is 1.17 bits per heavy atom. The van der Waals surface area contributed by atoms with E-state index in [1.807, 2.05) is 0 Å². The lowest BCUT2D eigenvalue weighted by Crippen LogP contribution is -2.01. The summed E-state index contributed by atoms with van der Waals surface area (Å²) >= 11 is 0. The summed E-state index contributed by atoms with van der Waals surface area (Å²) in [5, 5.41) is 0. The average Bonchev–Trinajstić information content (AvgIpc) is 2.66. The van der Waals surface area contributed by atoms with Crippen molar-refractivity contribution in [3.63, 3.8) is 0 Å². The van der Waals surface area contributed by atoms with Gasteiger partial charge < -0.3 is 0 Å². The number of aryl methyl sites for hydroxylation is 3. The van der Waals surface area contributed by atoms with Gasteiger partial charge in [0.1, 0.15) is 0 Å². The SMILES string of the molecule is CCc1ccccc1-c1cccc(CC)c1CCc1ccccc1. The molecule has 3 aromatic carbocycles. The quantitative estimate of drug-likeness (QED) is 0.503. The van der Waals surface area contributed by atoms with Crippen LogP contribution in [0.2, 0.25) is 0 Å². The Kier molecular flexibility index (Phi) is 5.48. The van der Waals surface area contributed by atoms with Crippen LogP contribution in [0.25, 0.3) is 11.1 Å². The zero-order valence-corrected chi connectivity index (χ0v) is 14.8. The van der Waals surface area contributed by atoms with E-state index < -0.39 is 0 Å². The monoisotopic (exact) mass is 314 g/mol. The summed E-state index contributed by atoms with van der Waals surface area (Å²) in [5.41, 5.74) is 8.67. The summed E-state index contributed by atoms with van der Waals surface area (Å²) in [6.07, 6.45) is 4.36. The van der Waals surface area contributed by atoms with Gasteiger partial charge in [-0.15, -0.1) is 0 Å². The molecule has 0 nitrogen and oxygen atoms in total. The van der Waals surface area contributed by atoms with Gasteiger partial charge in [0.2, 0.25) is 0 Å². The second-order valence-corrected chi connectivity index (χ2v) is 6.29. The molecule has 122 valence electrons. The predicted octanol–water partition coefficient (Wildman–Crippen LogP) is 6.26. The molecule has 0 aliphatic heterocycles. The van der Waals surface area contributed by atoms with Crippen molar-refractivity contribution in [1.82, 2.24) is 0 Å². The molecule has 3 rings (SSSR count). The molecular formula is C24H26. The fourth-order valence-electron chi connectivity index (χ4n) is 3.52. The Morgan fingerprint density at radius 3 is 1.92 bits per heavy atom. The van der Waals surface area contributed by atoms with Crippen LogP contribution in [0.15, 0.2) is 72.8 Å². The molecule has 0 heterocycles. The minimum absolute atomic E-state index is 1.07. The lowest BCUT2D eigenvalue weighted by molar-refractivity contribution is 0.932. The second kappa shape index (κ2) is 7.97. The fraction of sp³-hybridized carbons (Fsp3) is 0.250. The molecule has 0 saturated carbocycles. The van der Waals surface area contributed by atoms with Crippen molar-refractivity contribution in [3.8, 4) is 11.1 Å². The smallest absolute Gasteiger partial charge is 0.0146 e. The van der Waals surface area contributed by atoms with Gasteiger partial charge in [-0.3, -0.25) is 0 Å². The van der Waals surface area contributed by atoms with Crippen molar-refractivity contribution in [3.05, 3.63) is 95.1 Å². The first-order chi connectivity index (χ1) is 11.8. The minimum atomic E-state index is 1.07. The first-order valence-corrected chi connectivity index (χ1v) is 9.06. The molecular weight excluding hydrogens is 288 g/mol. The van der Waals surface area contributed by atoms with Gasteiger partial charge in [-0.25, -0.2) is 0 Å². The highest BCUT2D eigenvalue weighted by molar-refractivity contribution is 5.72. The Hall–Kier alpha value is -2.34. The van der Waals surface area contributed by atoms with Gasteiger partial charge in [0.05, 0.1) is 0 Å². The third-order valence-corrected chi connectivity index (χ3v) is 4.85. The van der Waals surface area contributed by atoms with E-state index in [0.29, 0.717) is 0 Å². The Bertz CT molecular complexity index is 784. The van der Waals surface area contributed by atoms with Gasteiger partial charge in [-0.05, 0) is 59.1 Å². The van der Waals surface area contributed by atoms with E-state index in [2.05, 4.69) is 86.6 Å². The Balaban J connectivity index is 2.00. The predicted molar refractivity (Wildman–Crippen MR) is 104 cm³/mol. The highest BCUT2D eigenvalue weighted by Gasteiger charge is 2.11. The van der Waals surface area contributed by atoms with Crippen LogP contribution in [0.4, 0.5) is 0 Å². The lowest BCUT2D eigenvalue weighted by Gasteiger charge is -2.17. The van der Waals surface area contributed by atoms with Gasteiger partial charge >= 0.3 is 0 Å². The largest absolute Gasteiger partial charge is 0.0622 e. The van der Waals surface area contributed by atoms with Gasteiger partial charge in [0.15, 0.2) is 0 Å². The number of hydrogen-bond acceptors (Lipinski definition) is 0. The number of hydrogen-bond donors (Lipinski definition) is 0. The molecule has 0 aromatic heterocycles. The molecule has 3 aromatic rings. The summed E-state index contributed by atoms with van der Waals surface area (Å²) in [5.74, 6) is 0. The fourth-order valence-corrected chi connectivity index (χ4v) is 3.52. The van der Waals surface area contributed by atoms with Crippen molar-refractivity contribution in [2.75, 3.05) is 0 Å². The minimum Gasteiger partial charge on any atom is -0.0622 e. The van der Waals surface area contributed by atoms with Crippen LogP contribution in [0.5, 0.6) is 0 Å². The lowest BCUT2D eigenvalue weighted by atomic mass is 9.88. The van der Waals surface area contributed by atoms with Crippen molar-refractivity contribution in [1.29, 1.82) is 0 Å². The first kappa shape index (κ1) is 16.5. The summed E-state index contributed by atoms with van der Waals surface area (Å²) < 4.78 is 0. The summed E-state index contributed by atoms with van der Waals surface area (Å²) in [4.78, 5) is 0. The molecule has 0 atom stereocenters. The zero-order chi connectivity index (χ0) is 16.8. The van der Waals surface area contributed by atoms with E-state index in [1.54, 1.807) is 0 Å². The molecule has 0 saturated heterocycles. The highest BCUT2D eigenvalue weighted by Crippen LogP contribution is 2.31. The van der Waals surface area contributed by atoms with Crippen molar-refractivity contribution < 1.29 is 0 Å². The topological polar surface area (TPSA) is 0 Å². The third kappa shape index (κ3) is 3.59. The maximum atomic E-state index is 2.30. The van der Waals surface area contributed by atoms with Gasteiger partial charge in [-0.1, -0.05) is 86.6 Å². The Morgan fingerprint density at radius 1 is 0.542 bits per heavy atom. The molecule has 0 radical (unpaired) electrons. The Labute approximate surface area is 146 Å².